The van der Waals surface area contributed by atoms with Gasteiger partial charge in [0.15, 0.2) is 0 Å². The molecule has 1 aromatic carbocycles. The molecule has 0 saturated heterocycles. The highest BCUT2D eigenvalue weighted by Gasteiger charge is 2.12. The van der Waals surface area contributed by atoms with Crippen molar-refractivity contribution < 1.29 is 8.42 Å². The normalized spacial score (nSPS) is 20.1. The van der Waals surface area contributed by atoms with Crippen molar-refractivity contribution in [2.24, 2.45) is 11.0 Å². The van der Waals surface area contributed by atoms with Gasteiger partial charge in [-0.1, -0.05) is 30.4 Å². The Kier molecular flexibility index (Phi) is 4.15. The van der Waals surface area contributed by atoms with Crippen LogP contribution in [-0.2, 0) is 10.0 Å². The Labute approximate surface area is 107 Å². The van der Waals surface area contributed by atoms with E-state index in [9.17, 15) is 8.42 Å². The summed E-state index contributed by atoms with van der Waals surface area (Å²) in [6, 6.07) is 8.23. The van der Waals surface area contributed by atoms with Crippen LogP contribution in [0.3, 0.4) is 0 Å². The van der Waals surface area contributed by atoms with Gasteiger partial charge in [0.1, 0.15) is 0 Å². The zero-order chi connectivity index (χ0) is 12.8. The van der Waals surface area contributed by atoms with Gasteiger partial charge in [0.2, 0.25) is 0 Å². The van der Waals surface area contributed by atoms with Gasteiger partial charge in [0, 0.05) is 6.21 Å². The number of benzene rings is 1. The minimum Gasteiger partial charge on any atom is -0.200 e. The van der Waals surface area contributed by atoms with Crippen LogP contribution in [0.2, 0.25) is 0 Å². The van der Waals surface area contributed by atoms with Gasteiger partial charge >= 0.3 is 0 Å². The first-order valence-electron chi connectivity index (χ1n) is 5.93. The van der Waals surface area contributed by atoms with Crippen LogP contribution < -0.4 is 4.83 Å². The van der Waals surface area contributed by atoms with Gasteiger partial charge in [-0.05, 0) is 37.3 Å². The fraction of sp³-hybridized carbons (Fsp3) is 0.308. The highest BCUT2D eigenvalue weighted by molar-refractivity contribution is 7.89. The lowest BCUT2D eigenvalue weighted by molar-refractivity contribution is 0.582. The third-order valence-corrected chi connectivity index (χ3v) is 4.06. The van der Waals surface area contributed by atoms with E-state index in [1.54, 1.807) is 36.5 Å². The summed E-state index contributed by atoms with van der Waals surface area (Å²) in [5, 5.41) is 3.85. The molecule has 0 fully saturated rings. The van der Waals surface area contributed by atoms with Crippen molar-refractivity contribution in [3.63, 3.8) is 0 Å². The molecule has 0 spiro atoms. The molecule has 18 heavy (non-hydrogen) atoms. The molecule has 1 N–H and O–H groups in total. The Bertz CT molecular complexity index is 535. The number of sulfonamides is 1. The van der Waals surface area contributed by atoms with Crippen LogP contribution in [0.4, 0.5) is 0 Å². The summed E-state index contributed by atoms with van der Waals surface area (Å²) >= 11 is 0. The summed E-state index contributed by atoms with van der Waals surface area (Å²) in [5.41, 5.74) is 0. The molecular weight excluding hydrogens is 248 g/mol. The first kappa shape index (κ1) is 12.8. The molecule has 0 radical (unpaired) electrons. The lowest BCUT2D eigenvalue weighted by Gasteiger charge is -2.12. The summed E-state index contributed by atoms with van der Waals surface area (Å²) in [6.45, 7) is 0. The molecule has 4 nitrogen and oxygen atoms in total. The molecule has 0 bridgehead atoms. The standard InChI is InChI=1S/C13H16N2O2S/c16-18(17,13-9-5-2-6-10-13)15-14-11-12-7-3-1-4-8-12/h1-3,5-6,9-12,15H,4,7-8H2. The van der Waals surface area contributed by atoms with Crippen molar-refractivity contribution in [3.05, 3.63) is 42.5 Å². The topological polar surface area (TPSA) is 58.5 Å². The zero-order valence-corrected chi connectivity index (χ0v) is 10.8. The Morgan fingerprint density at radius 3 is 2.67 bits per heavy atom. The Balaban J connectivity index is 1.97. The lowest BCUT2D eigenvalue weighted by Crippen LogP contribution is -2.19. The maximum Gasteiger partial charge on any atom is 0.276 e. The highest BCUT2D eigenvalue weighted by atomic mass is 32.2. The zero-order valence-electron chi connectivity index (χ0n) is 9.99. The van der Waals surface area contributed by atoms with E-state index in [1.165, 1.54) is 0 Å². The Morgan fingerprint density at radius 1 is 1.22 bits per heavy atom. The summed E-state index contributed by atoms with van der Waals surface area (Å²) in [7, 11) is -3.53. The van der Waals surface area contributed by atoms with Crippen LogP contribution >= 0.6 is 0 Å². The smallest absolute Gasteiger partial charge is 0.200 e. The van der Waals surface area contributed by atoms with E-state index in [1.807, 2.05) is 0 Å². The molecule has 0 saturated carbocycles. The van der Waals surface area contributed by atoms with Crippen LogP contribution in [-0.4, -0.2) is 14.6 Å². The van der Waals surface area contributed by atoms with Crippen LogP contribution in [0.1, 0.15) is 19.3 Å². The van der Waals surface area contributed by atoms with Crippen molar-refractivity contribution in [3.8, 4) is 0 Å². The fourth-order valence-electron chi connectivity index (χ4n) is 1.81. The predicted octanol–water partition coefficient (Wildman–Crippen LogP) is 2.31. The van der Waals surface area contributed by atoms with Crippen LogP contribution in [0.25, 0.3) is 0 Å². The fourth-order valence-corrected chi connectivity index (χ4v) is 2.63. The number of hydrazone groups is 1. The van der Waals surface area contributed by atoms with Crippen LogP contribution in [0.15, 0.2) is 52.5 Å². The Morgan fingerprint density at radius 2 is 2.00 bits per heavy atom. The molecule has 96 valence electrons. The predicted molar refractivity (Wildman–Crippen MR) is 71.7 cm³/mol. The van der Waals surface area contributed by atoms with E-state index >= 15 is 0 Å². The maximum atomic E-state index is 11.8. The molecule has 1 unspecified atom stereocenters. The van der Waals surface area contributed by atoms with Gasteiger partial charge in [0.05, 0.1) is 4.90 Å². The van der Waals surface area contributed by atoms with E-state index in [0.29, 0.717) is 5.92 Å². The van der Waals surface area contributed by atoms with Gasteiger partial charge in [-0.2, -0.15) is 13.5 Å². The summed E-state index contributed by atoms with van der Waals surface area (Å²) in [5.74, 6) is 0.327. The van der Waals surface area contributed by atoms with Gasteiger partial charge in [-0.25, -0.2) is 4.83 Å². The second kappa shape index (κ2) is 5.82. The number of hydrogen-bond acceptors (Lipinski definition) is 3. The third kappa shape index (κ3) is 3.43. The average molecular weight is 264 g/mol. The number of nitrogens with zero attached hydrogens (tertiary/aromatic N) is 1. The molecule has 1 aliphatic carbocycles. The van der Waals surface area contributed by atoms with Gasteiger partial charge in [0.25, 0.3) is 10.0 Å². The van der Waals surface area contributed by atoms with Crippen molar-refractivity contribution in [2.75, 3.05) is 0 Å². The molecule has 5 heteroatoms. The summed E-state index contributed by atoms with van der Waals surface area (Å²) in [6.07, 6.45) is 8.90. The number of nitrogens with one attached hydrogen (secondary N) is 1. The molecule has 1 aromatic rings. The van der Waals surface area contributed by atoms with E-state index in [-0.39, 0.29) is 4.90 Å². The molecule has 0 aromatic heterocycles. The van der Waals surface area contributed by atoms with E-state index in [2.05, 4.69) is 22.1 Å². The van der Waals surface area contributed by atoms with Crippen molar-refractivity contribution >= 4 is 16.2 Å². The van der Waals surface area contributed by atoms with Crippen molar-refractivity contribution in [1.29, 1.82) is 0 Å². The number of hydrogen-bond donors (Lipinski definition) is 1. The van der Waals surface area contributed by atoms with Gasteiger partial charge in [-0.15, -0.1) is 0 Å². The van der Waals surface area contributed by atoms with E-state index < -0.39 is 10.0 Å². The summed E-state index contributed by atoms with van der Waals surface area (Å²) in [4.78, 5) is 2.47. The number of allylic oxidation sites excluding steroid dienone is 2. The first-order chi connectivity index (χ1) is 8.68. The molecule has 1 atom stereocenters. The second-order valence-corrected chi connectivity index (χ2v) is 5.89. The summed E-state index contributed by atoms with van der Waals surface area (Å²) < 4.78 is 23.7. The highest BCUT2D eigenvalue weighted by Crippen LogP contribution is 2.15. The minimum absolute atomic E-state index is 0.227. The molecule has 1 aliphatic rings. The van der Waals surface area contributed by atoms with E-state index in [4.69, 9.17) is 0 Å². The van der Waals surface area contributed by atoms with Gasteiger partial charge < -0.3 is 0 Å². The monoisotopic (exact) mass is 264 g/mol. The molecule has 0 aliphatic heterocycles. The van der Waals surface area contributed by atoms with Crippen molar-refractivity contribution in [2.45, 2.75) is 24.2 Å². The SMILES string of the molecule is O=S(=O)(NN=CC1CC=CCC1)c1ccccc1. The first-order valence-corrected chi connectivity index (χ1v) is 7.42. The van der Waals surface area contributed by atoms with E-state index in [0.717, 1.165) is 19.3 Å². The maximum absolute atomic E-state index is 11.8. The molecule has 2 rings (SSSR count). The lowest BCUT2D eigenvalue weighted by atomic mass is 9.96. The Hall–Kier alpha value is -1.62. The third-order valence-electron chi connectivity index (χ3n) is 2.82. The molecular formula is C13H16N2O2S. The quantitative estimate of drug-likeness (QED) is 0.515. The number of rotatable bonds is 4. The van der Waals surface area contributed by atoms with Crippen molar-refractivity contribution in [1.82, 2.24) is 4.83 Å². The van der Waals surface area contributed by atoms with Crippen LogP contribution in [0.5, 0.6) is 0 Å². The second-order valence-electron chi connectivity index (χ2n) is 4.23. The minimum atomic E-state index is -3.53. The molecule has 0 amide bonds. The largest absolute Gasteiger partial charge is 0.276 e. The van der Waals surface area contributed by atoms with Gasteiger partial charge in [-0.3, -0.25) is 0 Å². The molecule has 0 heterocycles. The van der Waals surface area contributed by atoms with Crippen LogP contribution in [0, 0.1) is 5.92 Å². The average Bonchev–Trinajstić information content (AvgIpc) is 2.41.